The van der Waals surface area contributed by atoms with Crippen LogP contribution in [0.3, 0.4) is 0 Å². The lowest BCUT2D eigenvalue weighted by Crippen LogP contribution is -2.16. The molecule has 0 radical (unpaired) electrons. The summed E-state index contributed by atoms with van der Waals surface area (Å²) in [5.41, 5.74) is 0. The van der Waals surface area contributed by atoms with Crippen LogP contribution in [0, 0.1) is 0 Å². The molecule has 3 aromatic carbocycles. The van der Waals surface area contributed by atoms with Crippen LogP contribution in [-0.2, 0) is 14.7 Å². The smallest absolute Gasteiger partial charge is 0.413 e. The van der Waals surface area contributed by atoms with E-state index in [0.29, 0.717) is 11.5 Å². The van der Waals surface area contributed by atoms with Gasteiger partial charge in [0.05, 0.1) is 10.2 Å². The van der Waals surface area contributed by atoms with Crippen molar-refractivity contribution in [3.63, 3.8) is 0 Å². The first kappa shape index (κ1) is 18.2. The maximum Gasteiger partial charge on any atom is 0.462 e. The highest BCUT2D eigenvalue weighted by Gasteiger charge is 2.32. The van der Waals surface area contributed by atoms with E-state index in [2.05, 4.69) is 0 Å². The van der Waals surface area contributed by atoms with Gasteiger partial charge in [0.1, 0.15) is 11.5 Å². The van der Waals surface area contributed by atoms with Crippen LogP contribution in [0.5, 0.6) is 11.5 Å². The zero-order valence-electron chi connectivity index (χ0n) is 13.4. The molecule has 6 nitrogen and oxygen atoms in total. The fraction of sp³-hybridized carbons (Fsp3) is 0. The predicted molar refractivity (Wildman–Crippen MR) is 97.6 cm³/mol. The third kappa shape index (κ3) is 4.32. The molecule has 0 fully saturated rings. The Balaban J connectivity index is 2.07. The molecule has 0 aliphatic carbocycles. The molecule has 0 unspecified atom stereocenters. The quantitative estimate of drug-likeness (QED) is 0.507. The third-order valence-corrected chi connectivity index (χ3v) is 6.03. The highest BCUT2D eigenvalue weighted by Crippen LogP contribution is 2.47. The molecule has 0 saturated carbocycles. The molecule has 0 spiro atoms. The van der Waals surface area contributed by atoms with Crippen molar-refractivity contribution in [3.05, 3.63) is 84.9 Å². The largest absolute Gasteiger partial charge is 0.462 e. The number of benzene rings is 3. The van der Waals surface area contributed by atoms with E-state index in [-0.39, 0.29) is 5.30 Å². The molecule has 0 saturated heterocycles. The number of hydrogen-bond acceptors (Lipinski definition) is 5. The fourth-order valence-corrected chi connectivity index (χ4v) is 4.40. The monoisotopic (exact) mass is 390 g/mol. The number of hydrogen-bond donors (Lipinski definition) is 1. The number of rotatable bonds is 6. The Bertz CT molecular complexity index is 990. The lowest BCUT2D eigenvalue weighted by Gasteiger charge is -2.20. The Morgan fingerprint density at radius 3 is 1.69 bits per heavy atom. The lowest BCUT2D eigenvalue weighted by atomic mass is 10.3. The molecule has 0 aliphatic heterocycles. The zero-order chi connectivity index (χ0) is 18.6. The second-order valence-electron chi connectivity index (χ2n) is 5.28. The van der Waals surface area contributed by atoms with Gasteiger partial charge < -0.3 is 9.05 Å². The van der Waals surface area contributed by atoms with Crippen LogP contribution < -0.4 is 14.4 Å². The minimum atomic E-state index is -4.46. The molecule has 1 N–H and O–H groups in total. The van der Waals surface area contributed by atoms with E-state index in [9.17, 15) is 17.5 Å². The molecule has 0 aromatic heterocycles. The van der Waals surface area contributed by atoms with Crippen LogP contribution in [0.1, 0.15) is 0 Å². The zero-order valence-corrected chi connectivity index (χ0v) is 15.1. The minimum absolute atomic E-state index is 0.000307. The topological polar surface area (TPSA) is 89.9 Å². The van der Waals surface area contributed by atoms with Crippen molar-refractivity contribution >= 4 is 23.0 Å². The Labute approximate surface area is 151 Å². The molecular formula is C18H15O6PS. The minimum Gasteiger partial charge on any atom is -0.413 e. The summed E-state index contributed by atoms with van der Waals surface area (Å²) < 4.78 is 56.8. The van der Waals surface area contributed by atoms with Crippen molar-refractivity contribution in [1.29, 1.82) is 0 Å². The van der Waals surface area contributed by atoms with E-state index in [1.807, 2.05) is 0 Å². The highest BCUT2D eigenvalue weighted by atomic mass is 32.2. The Morgan fingerprint density at radius 2 is 1.23 bits per heavy atom. The van der Waals surface area contributed by atoms with Gasteiger partial charge in [0.15, 0.2) is 0 Å². The van der Waals surface area contributed by atoms with Gasteiger partial charge in [0.2, 0.25) is 0 Å². The van der Waals surface area contributed by atoms with Gasteiger partial charge in [-0.15, -0.1) is 0 Å². The van der Waals surface area contributed by atoms with Crippen molar-refractivity contribution in [1.82, 2.24) is 0 Å². The SMILES string of the molecule is O=P(Oc1ccccc1)(Oc1ccccc1)c1cccc(S(=O)(=O)O)c1. The fourth-order valence-electron chi connectivity index (χ4n) is 2.18. The summed E-state index contributed by atoms with van der Waals surface area (Å²) >= 11 is 0. The van der Waals surface area contributed by atoms with Crippen molar-refractivity contribution in [2.24, 2.45) is 0 Å². The van der Waals surface area contributed by atoms with Crippen LogP contribution in [0.4, 0.5) is 0 Å². The maximum absolute atomic E-state index is 13.5. The van der Waals surface area contributed by atoms with E-state index in [4.69, 9.17) is 9.05 Å². The van der Waals surface area contributed by atoms with E-state index in [1.165, 1.54) is 18.2 Å². The molecule has 134 valence electrons. The summed E-state index contributed by atoms with van der Waals surface area (Å²) in [6, 6.07) is 21.8. The highest BCUT2D eigenvalue weighted by molar-refractivity contribution is 7.85. The Morgan fingerprint density at radius 1 is 0.731 bits per heavy atom. The normalized spacial score (nSPS) is 11.7. The molecule has 0 atom stereocenters. The molecule has 3 aromatic rings. The van der Waals surface area contributed by atoms with Crippen molar-refractivity contribution < 1.29 is 26.6 Å². The maximum atomic E-state index is 13.5. The van der Waals surface area contributed by atoms with Crippen LogP contribution >= 0.6 is 7.60 Å². The van der Waals surface area contributed by atoms with Crippen molar-refractivity contribution in [2.45, 2.75) is 4.90 Å². The first-order chi connectivity index (χ1) is 12.4. The summed E-state index contributed by atoms with van der Waals surface area (Å²) in [6.45, 7) is 0. The first-order valence-corrected chi connectivity index (χ1v) is 10.5. The van der Waals surface area contributed by atoms with Gasteiger partial charge in [-0.25, -0.2) is 4.57 Å². The Kier molecular flexibility index (Phi) is 5.13. The van der Waals surface area contributed by atoms with Gasteiger partial charge in [0.25, 0.3) is 10.1 Å². The average Bonchev–Trinajstić information content (AvgIpc) is 2.63. The summed E-state index contributed by atoms with van der Waals surface area (Å²) in [5.74, 6) is 0.591. The van der Waals surface area contributed by atoms with Crippen LogP contribution in [0.25, 0.3) is 0 Å². The lowest BCUT2D eigenvalue weighted by molar-refractivity contribution is 0.399. The van der Waals surface area contributed by atoms with Gasteiger partial charge in [-0.05, 0) is 42.5 Å². The van der Waals surface area contributed by atoms with E-state index in [1.54, 1.807) is 60.7 Å². The van der Waals surface area contributed by atoms with Gasteiger partial charge in [-0.1, -0.05) is 42.5 Å². The van der Waals surface area contributed by atoms with Gasteiger partial charge in [-0.3, -0.25) is 4.55 Å². The molecule has 3 rings (SSSR count). The molecule has 0 heterocycles. The average molecular weight is 390 g/mol. The molecule has 0 bridgehead atoms. The van der Waals surface area contributed by atoms with Crippen LogP contribution in [0.15, 0.2) is 89.8 Å². The molecule has 8 heteroatoms. The van der Waals surface area contributed by atoms with E-state index < -0.39 is 22.6 Å². The summed E-state index contributed by atoms with van der Waals surface area (Å²) in [7, 11) is -8.45. The molecule has 26 heavy (non-hydrogen) atoms. The number of para-hydroxylation sites is 2. The van der Waals surface area contributed by atoms with Crippen molar-refractivity contribution in [2.75, 3.05) is 0 Å². The second-order valence-corrected chi connectivity index (χ2v) is 8.58. The van der Waals surface area contributed by atoms with Gasteiger partial charge in [0, 0.05) is 0 Å². The summed E-state index contributed by atoms with van der Waals surface area (Å²) in [5, 5.41) is 0.000307. The van der Waals surface area contributed by atoms with Crippen LogP contribution in [0.2, 0.25) is 0 Å². The molecule has 0 aliphatic rings. The first-order valence-electron chi connectivity index (χ1n) is 7.54. The Hall–Kier alpha value is -2.60. The van der Waals surface area contributed by atoms with Gasteiger partial charge in [-0.2, -0.15) is 8.42 Å². The molecular weight excluding hydrogens is 375 g/mol. The van der Waals surface area contributed by atoms with E-state index >= 15 is 0 Å². The molecule has 0 amide bonds. The van der Waals surface area contributed by atoms with E-state index in [0.717, 1.165) is 6.07 Å². The third-order valence-electron chi connectivity index (χ3n) is 3.37. The van der Waals surface area contributed by atoms with Crippen LogP contribution in [-0.4, -0.2) is 13.0 Å². The standard InChI is InChI=1S/C18H15O6PS/c19-25(23-15-8-3-1-4-9-15,24-16-10-5-2-6-11-16)17-12-7-13-18(14-17)26(20,21)22/h1-14H,(H,20,21,22). The van der Waals surface area contributed by atoms with Gasteiger partial charge >= 0.3 is 7.60 Å². The summed E-state index contributed by atoms with van der Waals surface area (Å²) in [6.07, 6.45) is 0. The second kappa shape index (κ2) is 7.33. The summed E-state index contributed by atoms with van der Waals surface area (Å²) in [4.78, 5) is -0.399. The predicted octanol–water partition coefficient (Wildman–Crippen LogP) is 3.91. The van der Waals surface area contributed by atoms with Crippen molar-refractivity contribution in [3.8, 4) is 11.5 Å².